The minimum absolute atomic E-state index is 0.177. The summed E-state index contributed by atoms with van der Waals surface area (Å²) in [6, 6.07) is 6.93. The molecule has 0 saturated heterocycles. The third-order valence-corrected chi connectivity index (χ3v) is 6.90. The van der Waals surface area contributed by atoms with E-state index in [1.807, 2.05) is 0 Å². The Hall–Kier alpha value is -2.13. The van der Waals surface area contributed by atoms with Crippen molar-refractivity contribution < 1.29 is 30.8 Å². The van der Waals surface area contributed by atoms with Crippen molar-refractivity contribution >= 4 is 27.3 Å². The largest absolute Gasteiger partial charge is 0.416 e. The third-order valence-electron chi connectivity index (χ3n) is 4.73. The second-order valence-corrected chi connectivity index (χ2v) is 9.39. The van der Waals surface area contributed by atoms with E-state index in [1.54, 1.807) is 0 Å². The minimum atomic E-state index is -4.62. The van der Waals surface area contributed by atoms with Gasteiger partial charge in [0.1, 0.15) is 5.82 Å². The summed E-state index contributed by atoms with van der Waals surface area (Å²) in [7, 11) is -3.89. The van der Waals surface area contributed by atoms with Gasteiger partial charge < -0.3 is 5.32 Å². The molecule has 1 saturated carbocycles. The Labute approximate surface area is 169 Å². The number of nitrogens with one attached hydrogen (secondary N) is 1. The van der Waals surface area contributed by atoms with Gasteiger partial charge in [0.05, 0.1) is 21.2 Å². The first-order valence-corrected chi connectivity index (χ1v) is 10.6. The molecule has 4 nitrogen and oxygen atoms in total. The second-order valence-electron chi connectivity index (χ2n) is 6.94. The molecule has 1 amide bonds. The Bertz CT molecular complexity index is 1030. The predicted octanol–water partition coefficient (Wildman–Crippen LogP) is 4.48. The zero-order valence-corrected chi connectivity index (χ0v) is 16.4. The van der Waals surface area contributed by atoms with E-state index in [4.69, 9.17) is 11.6 Å². The van der Waals surface area contributed by atoms with Crippen molar-refractivity contribution in [1.29, 1.82) is 0 Å². The fourth-order valence-corrected chi connectivity index (χ4v) is 5.03. The van der Waals surface area contributed by atoms with Crippen molar-refractivity contribution in [3.63, 3.8) is 0 Å². The maximum atomic E-state index is 13.2. The molecule has 1 aliphatic carbocycles. The number of carbonyl (C=O) groups is 1. The molecule has 2 aromatic rings. The molecular weight excluding hydrogens is 434 g/mol. The van der Waals surface area contributed by atoms with Crippen molar-refractivity contribution in [3.05, 3.63) is 64.4 Å². The summed E-state index contributed by atoms with van der Waals surface area (Å²) < 4.78 is 76.4. The van der Waals surface area contributed by atoms with Crippen molar-refractivity contribution in [2.24, 2.45) is 5.92 Å². The van der Waals surface area contributed by atoms with Crippen molar-refractivity contribution in [1.82, 2.24) is 5.32 Å². The van der Waals surface area contributed by atoms with Crippen LogP contribution in [0, 0.1) is 11.7 Å². The molecule has 0 spiro atoms. The number of hydrogen-bond acceptors (Lipinski definition) is 3. The van der Waals surface area contributed by atoms with Gasteiger partial charge in [-0.15, -0.1) is 0 Å². The molecular formula is C19H16ClF4NO3S. The van der Waals surface area contributed by atoms with Crippen LogP contribution < -0.4 is 5.32 Å². The molecule has 1 aliphatic rings. The number of alkyl halides is 3. The molecule has 1 N–H and O–H groups in total. The minimum Gasteiger partial charge on any atom is -0.349 e. The van der Waals surface area contributed by atoms with E-state index in [-0.39, 0.29) is 33.2 Å². The second kappa shape index (κ2) is 7.95. The van der Waals surface area contributed by atoms with E-state index in [9.17, 15) is 30.8 Å². The van der Waals surface area contributed by atoms with Gasteiger partial charge in [0, 0.05) is 11.6 Å². The maximum Gasteiger partial charge on any atom is 0.416 e. The first-order valence-electron chi connectivity index (χ1n) is 8.61. The van der Waals surface area contributed by atoms with Crippen LogP contribution >= 0.6 is 11.6 Å². The topological polar surface area (TPSA) is 63.2 Å². The molecule has 0 bridgehead atoms. The normalized spacial score (nSPS) is 19.5. The Morgan fingerprint density at radius 2 is 1.83 bits per heavy atom. The van der Waals surface area contributed by atoms with Crippen LogP contribution in [0.25, 0.3) is 0 Å². The Morgan fingerprint density at radius 1 is 1.14 bits per heavy atom. The van der Waals surface area contributed by atoms with Crippen LogP contribution in [0.5, 0.6) is 0 Å². The van der Waals surface area contributed by atoms with Gasteiger partial charge in [-0.25, -0.2) is 12.8 Å². The van der Waals surface area contributed by atoms with Gasteiger partial charge in [0.2, 0.25) is 0 Å². The molecule has 0 aromatic heterocycles. The van der Waals surface area contributed by atoms with Gasteiger partial charge in [-0.1, -0.05) is 17.7 Å². The number of sulfone groups is 1. The number of amides is 1. The first-order chi connectivity index (χ1) is 13.5. The summed E-state index contributed by atoms with van der Waals surface area (Å²) in [6.45, 7) is 0. The highest BCUT2D eigenvalue weighted by atomic mass is 35.5. The highest BCUT2D eigenvalue weighted by molar-refractivity contribution is 7.91. The van der Waals surface area contributed by atoms with Crippen LogP contribution in [-0.4, -0.2) is 26.1 Å². The lowest BCUT2D eigenvalue weighted by Gasteiger charge is -2.35. The Kier molecular flexibility index (Phi) is 5.91. The average molecular weight is 450 g/mol. The van der Waals surface area contributed by atoms with E-state index in [0.29, 0.717) is 18.9 Å². The van der Waals surface area contributed by atoms with Crippen molar-refractivity contribution in [2.75, 3.05) is 5.75 Å². The van der Waals surface area contributed by atoms with Crippen LogP contribution in [0.4, 0.5) is 17.6 Å². The molecule has 3 rings (SSSR count). The highest BCUT2D eigenvalue weighted by Gasteiger charge is 2.36. The van der Waals surface area contributed by atoms with Gasteiger partial charge in [0.25, 0.3) is 5.91 Å². The smallest absolute Gasteiger partial charge is 0.349 e. The van der Waals surface area contributed by atoms with Crippen LogP contribution in [0.2, 0.25) is 5.02 Å². The average Bonchev–Trinajstić information content (AvgIpc) is 2.61. The van der Waals surface area contributed by atoms with Crippen molar-refractivity contribution in [2.45, 2.75) is 30.0 Å². The number of halogens is 5. The Balaban J connectivity index is 1.57. The van der Waals surface area contributed by atoms with Crippen LogP contribution in [0.3, 0.4) is 0 Å². The molecule has 10 heteroatoms. The van der Waals surface area contributed by atoms with Crippen LogP contribution in [-0.2, 0) is 16.0 Å². The van der Waals surface area contributed by atoms with E-state index in [2.05, 4.69) is 5.32 Å². The number of hydrogen-bond donors (Lipinski definition) is 1. The molecule has 0 radical (unpaired) electrons. The summed E-state index contributed by atoms with van der Waals surface area (Å²) in [5.41, 5.74) is -0.841. The monoisotopic (exact) mass is 449 g/mol. The standard InChI is InChI=1S/C19H16ClF4NO3S/c20-16-8-12(4-5-17(16)21)18(26)25-14-6-11(7-14)10-29(27,28)15-3-1-2-13(9-15)19(22,23)24/h1-5,8-9,11,14H,6-7,10H2,(H,25,26). The van der Waals surface area contributed by atoms with Gasteiger partial charge in [-0.3, -0.25) is 4.79 Å². The molecule has 0 unspecified atom stereocenters. The lowest BCUT2D eigenvalue weighted by Crippen LogP contribution is -2.46. The highest BCUT2D eigenvalue weighted by Crippen LogP contribution is 2.33. The van der Waals surface area contributed by atoms with E-state index in [1.165, 1.54) is 12.1 Å². The summed E-state index contributed by atoms with van der Waals surface area (Å²) in [6.07, 6.45) is -3.88. The molecule has 156 valence electrons. The van der Waals surface area contributed by atoms with E-state index >= 15 is 0 Å². The quantitative estimate of drug-likeness (QED) is 0.684. The summed E-state index contributed by atoms with van der Waals surface area (Å²) >= 11 is 5.64. The lowest BCUT2D eigenvalue weighted by atomic mass is 9.81. The maximum absolute atomic E-state index is 13.2. The molecule has 29 heavy (non-hydrogen) atoms. The zero-order valence-electron chi connectivity index (χ0n) is 14.8. The van der Waals surface area contributed by atoms with Gasteiger partial charge in [0.15, 0.2) is 9.84 Å². The van der Waals surface area contributed by atoms with Crippen LogP contribution in [0.1, 0.15) is 28.8 Å². The fourth-order valence-electron chi connectivity index (χ4n) is 3.17. The van der Waals surface area contributed by atoms with Gasteiger partial charge >= 0.3 is 6.18 Å². The third kappa shape index (κ3) is 5.08. The number of rotatable bonds is 5. The fraction of sp³-hybridized carbons (Fsp3) is 0.316. The summed E-state index contributed by atoms with van der Waals surface area (Å²) in [5.74, 6) is -1.69. The predicted molar refractivity (Wildman–Crippen MR) is 98.9 cm³/mol. The lowest BCUT2D eigenvalue weighted by molar-refractivity contribution is -0.137. The van der Waals surface area contributed by atoms with E-state index < -0.39 is 33.3 Å². The molecule has 0 atom stereocenters. The number of benzene rings is 2. The van der Waals surface area contributed by atoms with Crippen molar-refractivity contribution in [3.8, 4) is 0 Å². The SMILES string of the molecule is O=C(NC1CC(CS(=O)(=O)c2cccc(C(F)(F)F)c2)C1)c1ccc(F)c(Cl)c1. The van der Waals surface area contributed by atoms with Gasteiger partial charge in [-0.2, -0.15) is 13.2 Å². The summed E-state index contributed by atoms with van der Waals surface area (Å²) in [5, 5.41) is 2.52. The molecule has 0 heterocycles. The Morgan fingerprint density at radius 3 is 2.45 bits per heavy atom. The van der Waals surface area contributed by atoms with Gasteiger partial charge in [-0.05, 0) is 55.2 Å². The number of carbonyl (C=O) groups excluding carboxylic acids is 1. The first kappa shape index (κ1) is 21.6. The zero-order chi connectivity index (χ0) is 21.4. The molecule has 0 aliphatic heterocycles. The molecule has 1 fully saturated rings. The van der Waals surface area contributed by atoms with E-state index in [0.717, 1.165) is 24.3 Å². The summed E-state index contributed by atoms with van der Waals surface area (Å²) in [4.78, 5) is 11.8. The molecule has 2 aromatic carbocycles. The van der Waals surface area contributed by atoms with Crippen LogP contribution in [0.15, 0.2) is 47.4 Å².